The third-order valence-corrected chi connectivity index (χ3v) is 15.3. The number of carbonyl (C=O) groups is 3. The van der Waals surface area contributed by atoms with Crippen LogP contribution in [0.5, 0.6) is 0 Å². The molecule has 92 heavy (non-hydrogen) atoms. The number of ether oxygens (including phenoxy) is 3. The number of sulfone groups is 1. The molecule has 2 atom stereocenters. The number of alkyl carbamates (subject to hydrolysis) is 1. The maximum absolute atomic E-state index is 11.9. The smallest absolute Gasteiger partial charge is 0.416 e. The summed E-state index contributed by atoms with van der Waals surface area (Å²) in [5.41, 5.74) is 11.0. The van der Waals surface area contributed by atoms with Gasteiger partial charge in [0.1, 0.15) is 16.8 Å². The number of halogens is 3. The van der Waals surface area contributed by atoms with Crippen LogP contribution in [0.25, 0.3) is 10.9 Å². The number of aromatic nitrogens is 5. The van der Waals surface area contributed by atoms with Crippen molar-refractivity contribution in [2.75, 3.05) is 25.9 Å². The molecular weight excluding hydrogens is 1190 g/mol. The summed E-state index contributed by atoms with van der Waals surface area (Å²) in [6.45, 7) is 42.3. The van der Waals surface area contributed by atoms with Crippen molar-refractivity contribution in [3.63, 3.8) is 0 Å². The van der Waals surface area contributed by atoms with Crippen molar-refractivity contribution >= 4 is 39.0 Å². The molecule has 2 unspecified atom stereocenters. The van der Waals surface area contributed by atoms with E-state index in [9.17, 15) is 36.0 Å². The monoisotopic (exact) mass is 1300 g/mol. The molecule has 2 aliphatic heterocycles. The van der Waals surface area contributed by atoms with Gasteiger partial charge in [-0.05, 0) is 216 Å². The lowest BCUT2D eigenvalue weighted by Gasteiger charge is -2.32. The summed E-state index contributed by atoms with van der Waals surface area (Å²) >= 11 is 0. The highest BCUT2D eigenvalue weighted by Gasteiger charge is 2.31. The summed E-state index contributed by atoms with van der Waals surface area (Å²) in [5, 5.41) is 12.4. The zero-order chi connectivity index (χ0) is 70.1. The number of fused-ring (bicyclic) bond motifs is 1. The molecule has 3 amide bonds. The Labute approximate surface area is 547 Å². The number of piperidine rings is 1. The second-order valence-electron chi connectivity index (χ2n) is 26.6. The first-order valence-electron chi connectivity index (χ1n) is 31.2. The van der Waals surface area contributed by atoms with Crippen molar-refractivity contribution in [1.29, 1.82) is 0 Å². The maximum atomic E-state index is 11.9. The summed E-state index contributed by atoms with van der Waals surface area (Å²) in [6, 6.07) is 28.5. The maximum Gasteiger partial charge on any atom is 0.416 e. The third-order valence-electron chi connectivity index (χ3n) is 14.2. The van der Waals surface area contributed by atoms with Gasteiger partial charge in [-0.2, -0.15) is 23.4 Å². The van der Waals surface area contributed by atoms with E-state index in [1.165, 1.54) is 63.7 Å². The molecule has 2 fully saturated rings. The molecule has 0 saturated carbocycles. The van der Waals surface area contributed by atoms with Gasteiger partial charge >= 0.3 is 24.5 Å². The number of carbonyl (C=O) groups excluding carboxylic acids is 3. The number of hydrogen-bond donors (Lipinski definition) is 2. The first kappa shape index (κ1) is 80.5. The molecule has 2 N–H and O–H groups in total. The molecular formula is C72H107F3N8O8S. The van der Waals surface area contributed by atoms with Crippen LogP contribution in [0.1, 0.15) is 163 Å². The number of nitrogens with one attached hydrogen (secondary N) is 2. The second kappa shape index (κ2) is 36.6. The van der Waals surface area contributed by atoms with Crippen LogP contribution in [-0.4, -0.2) is 110 Å². The van der Waals surface area contributed by atoms with Gasteiger partial charge in [-0.25, -0.2) is 22.8 Å². The Balaban J connectivity index is 0.000000361. The van der Waals surface area contributed by atoms with Gasteiger partial charge in [0.15, 0.2) is 9.84 Å². The summed E-state index contributed by atoms with van der Waals surface area (Å²) in [6.07, 6.45) is 4.83. The van der Waals surface area contributed by atoms with Gasteiger partial charge in [0.05, 0.1) is 21.8 Å². The number of H-pyrrole nitrogens is 1. The first-order valence-corrected chi connectivity index (χ1v) is 33.1. The van der Waals surface area contributed by atoms with Gasteiger partial charge in [-0.15, -0.1) is 0 Å². The van der Waals surface area contributed by atoms with Gasteiger partial charge in [0, 0.05) is 81.6 Å². The average Bonchev–Trinajstić information content (AvgIpc) is 1.61. The van der Waals surface area contributed by atoms with Crippen molar-refractivity contribution in [3.8, 4) is 0 Å². The van der Waals surface area contributed by atoms with E-state index >= 15 is 0 Å². The molecule has 20 heteroatoms. The zero-order valence-corrected chi connectivity index (χ0v) is 60.0. The van der Waals surface area contributed by atoms with Gasteiger partial charge in [-0.3, -0.25) is 9.36 Å². The summed E-state index contributed by atoms with van der Waals surface area (Å²) < 4.78 is 77.1. The standard InChI is InChI=1S/C13H19NO2.C11H21NO2.C10H19NO2.C9H9N.C8H7F3.C8H10O2S.C7H12N2.C6H10N2/c1-10-6-5-7-11(8-10)9-14-12(15)16-13(2,3)4;1-9-6-5-7-12(8-9)10(13)14-11(2,3)4;1-8-6-5-7-11(8)9(12)13-10(2,3)4;1-7-6-10-9-5-3-2-4-8(7)9;1-6-2-4-7(5-3-6)8(9,10)11;1-7-3-5-8(6-4-7)11(2,9)10;1-5-6(2)8-9(4)7(5)3;1-5-4-8(3)7-6(5)2/h5-8H,9H2,1-4H3,(H,14,15);9H,5-8H2,1-4H3;8H,5-7H2,1-4H3;2-6,10H,1H3;2-5H,1H3;3-6H,1-2H3;1-4H3;4H,1-3H3. The van der Waals surface area contributed by atoms with Crippen LogP contribution < -0.4 is 5.32 Å². The minimum Gasteiger partial charge on any atom is -0.444 e. The van der Waals surface area contributed by atoms with Crippen LogP contribution in [-0.2, 0) is 50.9 Å². The number of aromatic amines is 1. The SMILES string of the molecule is CC1CCCN(C(=O)OC(C)(C)C)C1.CC1CCCN1C(=O)OC(C)(C)C.Cc1c[nH]c2ccccc12.Cc1ccc(C(F)(F)F)cc1.Cc1ccc(S(C)(=O)=O)cc1.Cc1cccc(CNC(=O)OC(C)(C)C)c1.Cc1cn(C)nc1C.Cc1nn(C)c(C)c1C. The Morgan fingerprint density at radius 3 is 1.60 bits per heavy atom. The van der Waals surface area contributed by atoms with Gasteiger partial charge < -0.3 is 34.3 Å². The number of amides is 3. The molecule has 0 aliphatic carbocycles. The molecule has 2 aliphatic rings. The summed E-state index contributed by atoms with van der Waals surface area (Å²) in [7, 11) is 0.879. The largest absolute Gasteiger partial charge is 0.444 e. The predicted molar refractivity (Wildman–Crippen MR) is 366 cm³/mol. The quantitative estimate of drug-likeness (QED) is 0.161. The molecule has 0 spiro atoms. The third kappa shape index (κ3) is 32.1. The first-order chi connectivity index (χ1) is 42.3. The number of likely N-dealkylation sites (tertiary alicyclic amines) is 2. The minimum absolute atomic E-state index is 0.163. The number of alkyl halides is 3. The van der Waals surface area contributed by atoms with Crippen molar-refractivity contribution in [2.45, 2.75) is 205 Å². The highest BCUT2D eigenvalue weighted by Crippen LogP contribution is 2.29. The molecule has 510 valence electrons. The van der Waals surface area contributed by atoms with E-state index in [-0.39, 0.29) is 29.5 Å². The molecule has 5 heterocycles. The number of hydrogen-bond acceptors (Lipinski definition) is 10. The van der Waals surface area contributed by atoms with Gasteiger partial charge in [0.25, 0.3) is 0 Å². The van der Waals surface area contributed by atoms with E-state index < -0.39 is 27.2 Å². The van der Waals surface area contributed by atoms with Crippen LogP contribution in [0.2, 0.25) is 0 Å². The van der Waals surface area contributed by atoms with Crippen molar-refractivity contribution < 1.29 is 50.2 Å². The van der Waals surface area contributed by atoms with E-state index in [1.807, 2.05) is 166 Å². The highest BCUT2D eigenvalue weighted by molar-refractivity contribution is 7.90. The van der Waals surface area contributed by atoms with Gasteiger partial charge in [-0.1, -0.05) is 90.3 Å². The van der Waals surface area contributed by atoms with E-state index in [0.717, 1.165) is 79.1 Å². The molecule has 3 aromatic heterocycles. The van der Waals surface area contributed by atoms with Crippen molar-refractivity contribution in [3.05, 3.63) is 171 Å². The highest BCUT2D eigenvalue weighted by atomic mass is 32.2. The Bertz CT molecular complexity index is 3440. The lowest BCUT2D eigenvalue weighted by atomic mass is 10.0. The molecule has 16 nitrogen and oxygen atoms in total. The van der Waals surface area contributed by atoms with Crippen LogP contribution in [0, 0.1) is 68.2 Å². The van der Waals surface area contributed by atoms with Crippen LogP contribution in [0.4, 0.5) is 27.6 Å². The molecule has 7 aromatic rings. The summed E-state index contributed by atoms with van der Waals surface area (Å²) in [4.78, 5) is 41.8. The number of benzene rings is 4. The fraction of sp³-hybridized carbons (Fsp3) is 0.514. The topological polar surface area (TPSA) is 183 Å². The van der Waals surface area contributed by atoms with Crippen molar-refractivity contribution in [1.82, 2.24) is 39.7 Å². The van der Waals surface area contributed by atoms with E-state index in [0.29, 0.717) is 23.4 Å². The van der Waals surface area contributed by atoms with Crippen LogP contribution >= 0.6 is 0 Å². The molecule has 0 radical (unpaired) electrons. The van der Waals surface area contributed by atoms with Crippen molar-refractivity contribution in [2.24, 2.45) is 20.0 Å². The van der Waals surface area contributed by atoms with E-state index in [4.69, 9.17) is 14.2 Å². The molecule has 4 aromatic carbocycles. The second-order valence-corrected chi connectivity index (χ2v) is 28.7. The molecule has 9 rings (SSSR count). The number of rotatable bonds is 3. The normalized spacial score (nSPS) is 14.5. The fourth-order valence-corrected chi connectivity index (χ4v) is 9.49. The fourth-order valence-electron chi connectivity index (χ4n) is 8.86. The molecule has 0 bridgehead atoms. The average molecular weight is 1300 g/mol. The van der Waals surface area contributed by atoms with Crippen LogP contribution in [0.3, 0.4) is 0 Å². The molecule has 2 saturated heterocycles. The Morgan fingerprint density at radius 2 is 1.18 bits per heavy atom. The Hall–Kier alpha value is -7.61. The lowest BCUT2D eigenvalue weighted by molar-refractivity contribution is -0.137. The van der Waals surface area contributed by atoms with E-state index in [2.05, 4.69) is 80.2 Å². The Morgan fingerprint density at radius 1 is 0.641 bits per heavy atom. The minimum atomic E-state index is -4.21. The predicted octanol–water partition coefficient (Wildman–Crippen LogP) is 17.3. The summed E-state index contributed by atoms with van der Waals surface area (Å²) in [5.74, 6) is 0.608. The zero-order valence-electron chi connectivity index (χ0n) is 59.2. The van der Waals surface area contributed by atoms with Crippen LogP contribution in [0.15, 0.2) is 114 Å². The Kier molecular flexibility index (Phi) is 32.0. The number of para-hydroxylation sites is 1. The van der Waals surface area contributed by atoms with E-state index in [1.54, 1.807) is 31.2 Å². The number of aryl methyl sites for hydroxylation is 9. The lowest BCUT2D eigenvalue weighted by Crippen LogP contribution is -2.42. The number of nitrogens with zero attached hydrogens (tertiary/aromatic N) is 6. The van der Waals surface area contributed by atoms with Gasteiger partial charge in [0.2, 0.25) is 0 Å².